The van der Waals surface area contributed by atoms with E-state index in [4.69, 9.17) is 16.3 Å². The Morgan fingerprint density at radius 1 is 1.06 bits per heavy atom. The molecule has 0 fully saturated rings. The number of rotatable bonds is 11. The summed E-state index contributed by atoms with van der Waals surface area (Å²) in [7, 11) is -2.23. The summed E-state index contributed by atoms with van der Waals surface area (Å²) in [5.74, 6) is -0.129. The maximum Gasteiger partial charge on any atom is 0.244 e. The highest BCUT2D eigenvalue weighted by molar-refractivity contribution is 7.92. The Labute approximate surface area is 206 Å². The van der Waals surface area contributed by atoms with E-state index in [9.17, 15) is 18.0 Å². The average Bonchev–Trinajstić information content (AvgIpc) is 2.77. The highest BCUT2D eigenvalue weighted by Crippen LogP contribution is 2.22. The lowest BCUT2D eigenvalue weighted by molar-refractivity contribution is -0.140. The van der Waals surface area contributed by atoms with Crippen LogP contribution in [0.25, 0.3) is 0 Å². The van der Waals surface area contributed by atoms with E-state index in [-0.39, 0.29) is 18.5 Å². The number of methoxy groups -OCH3 is 1. The molecule has 0 aromatic heterocycles. The van der Waals surface area contributed by atoms with Crippen molar-refractivity contribution in [3.05, 3.63) is 59.1 Å². The summed E-state index contributed by atoms with van der Waals surface area (Å²) >= 11 is 5.94. The van der Waals surface area contributed by atoms with Gasteiger partial charge in [0.05, 0.1) is 19.1 Å². The number of nitrogens with one attached hydrogen (secondary N) is 1. The van der Waals surface area contributed by atoms with E-state index < -0.39 is 28.5 Å². The number of amides is 2. The zero-order valence-electron chi connectivity index (χ0n) is 20.1. The van der Waals surface area contributed by atoms with Crippen LogP contribution in [0.15, 0.2) is 48.5 Å². The molecule has 1 atom stereocenters. The molecule has 0 aliphatic rings. The van der Waals surface area contributed by atoms with E-state index >= 15 is 0 Å². The molecule has 0 aliphatic carbocycles. The smallest absolute Gasteiger partial charge is 0.244 e. The van der Waals surface area contributed by atoms with Crippen LogP contribution in [0.2, 0.25) is 5.02 Å². The van der Waals surface area contributed by atoms with Gasteiger partial charge in [-0.2, -0.15) is 0 Å². The first kappa shape index (κ1) is 27.5. The maximum atomic E-state index is 13.5. The summed E-state index contributed by atoms with van der Waals surface area (Å²) in [6.45, 7) is 5.16. The SMILES string of the molecule is CC[C@H](C(=O)NC(C)C)N(Cc1ccc(OC)cc1)C(=O)CN(c1ccc(Cl)cc1)S(C)(=O)=O. The van der Waals surface area contributed by atoms with Gasteiger partial charge in [0, 0.05) is 17.6 Å². The normalized spacial score (nSPS) is 12.2. The van der Waals surface area contributed by atoms with Crippen LogP contribution in [0.3, 0.4) is 0 Å². The molecule has 0 saturated carbocycles. The minimum absolute atomic E-state index is 0.110. The maximum absolute atomic E-state index is 13.5. The van der Waals surface area contributed by atoms with Gasteiger partial charge in [-0.15, -0.1) is 0 Å². The monoisotopic (exact) mass is 509 g/mol. The van der Waals surface area contributed by atoms with E-state index in [0.29, 0.717) is 22.9 Å². The Morgan fingerprint density at radius 3 is 2.12 bits per heavy atom. The zero-order chi connectivity index (χ0) is 25.5. The molecule has 186 valence electrons. The Hall–Kier alpha value is -2.78. The fraction of sp³-hybridized carbons (Fsp3) is 0.417. The molecule has 2 aromatic carbocycles. The van der Waals surface area contributed by atoms with Gasteiger partial charge in [0.2, 0.25) is 21.8 Å². The Kier molecular flexibility index (Phi) is 9.76. The molecule has 8 nitrogen and oxygen atoms in total. The van der Waals surface area contributed by atoms with Crippen molar-refractivity contribution in [3.8, 4) is 5.75 Å². The number of sulfonamides is 1. The fourth-order valence-corrected chi connectivity index (χ4v) is 4.42. The minimum atomic E-state index is -3.79. The Morgan fingerprint density at radius 2 is 1.65 bits per heavy atom. The molecule has 0 radical (unpaired) electrons. The van der Waals surface area contributed by atoms with Crippen molar-refractivity contribution in [2.75, 3.05) is 24.2 Å². The van der Waals surface area contributed by atoms with Gasteiger partial charge in [-0.05, 0) is 62.2 Å². The van der Waals surface area contributed by atoms with Crippen LogP contribution < -0.4 is 14.4 Å². The number of halogens is 1. The summed E-state index contributed by atoms with van der Waals surface area (Å²) in [5, 5.41) is 3.30. The molecule has 0 saturated heterocycles. The van der Waals surface area contributed by atoms with E-state index in [0.717, 1.165) is 16.1 Å². The lowest BCUT2D eigenvalue weighted by atomic mass is 10.1. The molecule has 1 N–H and O–H groups in total. The van der Waals surface area contributed by atoms with Crippen molar-refractivity contribution < 1.29 is 22.7 Å². The number of hydrogen-bond acceptors (Lipinski definition) is 5. The van der Waals surface area contributed by atoms with Crippen molar-refractivity contribution in [2.24, 2.45) is 0 Å². The second-order valence-corrected chi connectivity index (χ2v) is 10.5. The van der Waals surface area contributed by atoms with Gasteiger partial charge in [0.15, 0.2) is 0 Å². The highest BCUT2D eigenvalue weighted by atomic mass is 35.5. The van der Waals surface area contributed by atoms with E-state index in [1.807, 2.05) is 20.8 Å². The number of nitrogens with zero attached hydrogens (tertiary/aromatic N) is 2. The molecule has 2 rings (SSSR count). The average molecular weight is 510 g/mol. The van der Waals surface area contributed by atoms with Gasteiger partial charge < -0.3 is 15.0 Å². The first-order valence-electron chi connectivity index (χ1n) is 10.9. The number of anilines is 1. The third kappa shape index (κ3) is 7.63. The molecule has 0 unspecified atom stereocenters. The number of benzene rings is 2. The number of carbonyl (C=O) groups excluding carboxylic acids is 2. The first-order valence-corrected chi connectivity index (χ1v) is 13.1. The summed E-state index contributed by atoms with van der Waals surface area (Å²) in [6, 6.07) is 12.4. The summed E-state index contributed by atoms with van der Waals surface area (Å²) in [6.07, 6.45) is 1.39. The predicted octanol–water partition coefficient (Wildman–Crippen LogP) is 3.45. The largest absolute Gasteiger partial charge is 0.497 e. The van der Waals surface area contributed by atoms with Crippen LogP contribution in [0, 0.1) is 0 Å². The van der Waals surface area contributed by atoms with Crippen LogP contribution in [0.4, 0.5) is 5.69 Å². The highest BCUT2D eigenvalue weighted by Gasteiger charge is 2.31. The summed E-state index contributed by atoms with van der Waals surface area (Å²) in [4.78, 5) is 27.9. The zero-order valence-corrected chi connectivity index (χ0v) is 21.7. The quantitative estimate of drug-likeness (QED) is 0.500. The molecule has 2 amide bonds. The van der Waals surface area contributed by atoms with Crippen molar-refractivity contribution in [1.82, 2.24) is 10.2 Å². The second-order valence-electron chi connectivity index (χ2n) is 8.20. The molecule has 34 heavy (non-hydrogen) atoms. The van der Waals surface area contributed by atoms with Crippen LogP contribution in [-0.2, 0) is 26.2 Å². The van der Waals surface area contributed by atoms with Gasteiger partial charge in [-0.3, -0.25) is 13.9 Å². The molecule has 0 bridgehead atoms. The van der Waals surface area contributed by atoms with Gasteiger partial charge in [0.25, 0.3) is 0 Å². The topological polar surface area (TPSA) is 96.0 Å². The third-order valence-electron chi connectivity index (χ3n) is 5.12. The second kappa shape index (κ2) is 12.1. The Balaban J connectivity index is 2.42. The van der Waals surface area contributed by atoms with E-state index in [1.54, 1.807) is 43.5 Å². The predicted molar refractivity (Wildman–Crippen MR) is 135 cm³/mol. The molecule has 10 heteroatoms. The lowest BCUT2D eigenvalue weighted by Gasteiger charge is -2.33. The van der Waals surface area contributed by atoms with Crippen molar-refractivity contribution in [3.63, 3.8) is 0 Å². The van der Waals surface area contributed by atoms with Crippen LogP contribution in [0.1, 0.15) is 32.8 Å². The molecule has 0 heterocycles. The van der Waals surface area contributed by atoms with Crippen molar-refractivity contribution in [1.29, 1.82) is 0 Å². The standard InChI is InChI=1S/C24H32ClN3O5S/c1-6-22(24(30)26-17(2)3)27(15-18-7-13-21(33-4)14-8-18)23(29)16-28(34(5,31)32)20-11-9-19(25)10-12-20/h7-14,17,22H,6,15-16H2,1-5H3,(H,26,30)/t22-/m1/s1. The van der Waals surface area contributed by atoms with Crippen molar-refractivity contribution in [2.45, 2.75) is 45.8 Å². The molecule has 2 aromatic rings. The van der Waals surface area contributed by atoms with Gasteiger partial charge >= 0.3 is 0 Å². The Bertz CT molecular complexity index is 1070. The fourth-order valence-electron chi connectivity index (χ4n) is 3.45. The third-order valence-corrected chi connectivity index (χ3v) is 6.52. The summed E-state index contributed by atoms with van der Waals surface area (Å²) in [5.41, 5.74) is 1.09. The van der Waals surface area contributed by atoms with Crippen LogP contribution >= 0.6 is 11.6 Å². The van der Waals surface area contributed by atoms with Gasteiger partial charge in [-0.1, -0.05) is 30.7 Å². The minimum Gasteiger partial charge on any atom is -0.497 e. The number of hydrogen-bond donors (Lipinski definition) is 1. The lowest BCUT2D eigenvalue weighted by Crippen LogP contribution is -2.53. The molecular formula is C24H32ClN3O5S. The van der Waals surface area contributed by atoms with Gasteiger partial charge in [-0.25, -0.2) is 8.42 Å². The molecular weight excluding hydrogens is 478 g/mol. The van der Waals surface area contributed by atoms with Crippen LogP contribution in [-0.4, -0.2) is 57.1 Å². The first-order chi connectivity index (χ1) is 16.0. The van der Waals surface area contributed by atoms with Crippen LogP contribution in [0.5, 0.6) is 5.75 Å². The van der Waals surface area contributed by atoms with Crippen molar-refractivity contribution >= 4 is 39.1 Å². The number of carbonyl (C=O) groups is 2. The van der Waals surface area contributed by atoms with E-state index in [2.05, 4.69) is 5.32 Å². The van der Waals surface area contributed by atoms with E-state index in [1.165, 1.54) is 17.0 Å². The number of ether oxygens (including phenoxy) is 1. The molecule has 0 spiro atoms. The molecule has 0 aliphatic heterocycles. The summed E-state index contributed by atoms with van der Waals surface area (Å²) < 4.78 is 31.3. The van der Waals surface area contributed by atoms with Gasteiger partial charge in [0.1, 0.15) is 18.3 Å².